The molecule has 0 saturated heterocycles. The molecule has 1 aromatic carbocycles. The third kappa shape index (κ3) is 3.45. The monoisotopic (exact) mass is 338 g/mol. The Morgan fingerprint density at radius 3 is 2.85 bits per heavy atom. The first-order valence-corrected chi connectivity index (χ1v) is 6.45. The number of rotatable bonds is 5. The van der Waals surface area contributed by atoms with Gasteiger partial charge in [-0.25, -0.2) is 4.98 Å². The number of nitro groups is 1. The van der Waals surface area contributed by atoms with Crippen molar-refractivity contribution in [1.29, 1.82) is 0 Å². The highest BCUT2D eigenvalue weighted by Gasteiger charge is 2.11. The smallest absolute Gasteiger partial charge is 0.273 e. The zero-order chi connectivity index (χ0) is 14.5. The van der Waals surface area contributed by atoms with Crippen LogP contribution in [0.2, 0.25) is 0 Å². The van der Waals surface area contributed by atoms with E-state index in [0.29, 0.717) is 21.7 Å². The van der Waals surface area contributed by atoms with E-state index < -0.39 is 4.92 Å². The van der Waals surface area contributed by atoms with Gasteiger partial charge in [-0.2, -0.15) is 0 Å². The summed E-state index contributed by atoms with van der Waals surface area (Å²) in [6, 6.07) is 8.01. The van der Waals surface area contributed by atoms with E-state index in [-0.39, 0.29) is 12.3 Å². The molecule has 0 aliphatic carbocycles. The van der Waals surface area contributed by atoms with Crippen LogP contribution < -0.4 is 9.47 Å². The molecule has 0 fully saturated rings. The lowest BCUT2D eigenvalue weighted by Crippen LogP contribution is -1.99. The minimum atomic E-state index is -0.466. The van der Waals surface area contributed by atoms with Crippen LogP contribution >= 0.6 is 15.9 Å². The summed E-state index contributed by atoms with van der Waals surface area (Å²) >= 11 is 3.27. The molecule has 0 bridgehead atoms. The highest BCUT2D eigenvalue weighted by molar-refractivity contribution is 9.10. The van der Waals surface area contributed by atoms with Gasteiger partial charge in [0.05, 0.1) is 18.1 Å². The SMILES string of the molecule is COc1cc(COc2cccnc2Br)cc([N+](=O)[O-])c1. The number of nitrogens with zero attached hydrogens (tertiary/aromatic N) is 2. The molecule has 0 saturated carbocycles. The molecule has 2 aromatic rings. The molecule has 0 radical (unpaired) electrons. The van der Waals surface area contributed by atoms with Gasteiger partial charge in [-0.1, -0.05) is 0 Å². The summed E-state index contributed by atoms with van der Waals surface area (Å²) in [5.41, 5.74) is 0.611. The second-order valence-electron chi connectivity index (χ2n) is 3.88. The number of benzene rings is 1. The van der Waals surface area contributed by atoms with Gasteiger partial charge in [0.15, 0.2) is 5.75 Å². The van der Waals surface area contributed by atoms with Crippen LogP contribution in [0.4, 0.5) is 5.69 Å². The van der Waals surface area contributed by atoms with Crippen LogP contribution in [-0.2, 0) is 6.61 Å². The summed E-state index contributed by atoms with van der Waals surface area (Å²) in [5.74, 6) is 0.987. The fraction of sp³-hybridized carbons (Fsp3) is 0.154. The minimum absolute atomic E-state index is 0.0341. The van der Waals surface area contributed by atoms with E-state index in [0.717, 1.165) is 0 Å². The van der Waals surface area contributed by atoms with E-state index in [9.17, 15) is 10.1 Å². The Bertz CT molecular complexity index is 634. The minimum Gasteiger partial charge on any atom is -0.496 e. The predicted molar refractivity (Wildman–Crippen MR) is 75.9 cm³/mol. The van der Waals surface area contributed by atoms with Gasteiger partial charge in [0.25, 0.3) is 5.69 Å². The summed E-state index contributed by atoms with van der Waals surface area (Å²) in [4.78, 5) is 14.4. The van der Waals surface area contributed by atoms with E-state index in [1.807, 2.05) is 0 Å². The topological polar surface area (TPSA) is 74.5 Å². The molecule has 0 unspecified atom stereocenters. The van der Waals surface area contributed by atoms with Gasteiger partial charge >= 0.3 is 0 Å². The van der Waals surface area contributed by atoms with Gasteiger partial charge in [0, 0.05) is 12.3 Å². The molecule has 0 aliphatic heterocycles. The zero-order valence-corrected chi connectivity index (χ0v) is 12.2. The molecular formula is C13H11BrN2O4. The van der Waals surface area contributed by atoms with Crippen molar-refractivity contribution in [3.63, 3.8) is 0 Å². The van der Waals surface area contributed by atoms with E-state index in [1.54, 1.807) is 24.4 Å². The molecule has 1 heterocycles. The Morgan fingerprint density at radius 1 is 1.40 bits per heavy atom. The first kappa shape index (κ1) is 14.3. The van der Waals surface area contributed by atoms with E-state index in [1.165, 1.54) is 19.2 Å². The summed E-state index contributed by atoms with van der Waals surface area (Å²) in [5, 5.41) is 10.8. The molecule has 0 N–H and O–H groups in total. The third-order valence-corrected chi connectivity index (χ3v) is 3.11. The van der Waals surface area contributed by atoms with Crippen molar-refractivity contribution < 1.29 is 14.4 Å². The Balaban J connectivity index is 2.19. The van der Waals surface area contributed by atoms with Gasteiger partial charge in [-0.05, 0) is 39.7 Å². The number of hydrogen-bond donors (Lipinski definition) is 0. The molecule has 1 aromatic heterocycles. The Hall–Kier alpha value is -2.15. The van der Waals surface area contributed by atoms with Crippen molar-refractivity contribution in [3.05, 3.63) is 56.8 Å². The van der Waals surface area contributed by atoms with Gasteiger partial charge in [0.1, 0.15) is 17.0 Å². The second-order valence-corrected chi connectivity index (χ2v) is 4.63. The molecule has 0 spiro atoms. The molecule has 7 heteroatoms. The lowest BCUT2D eigenvalue weighted by Gasteiger charge is -2.08. The predicted octanol–water partition coefficient (Wildman–Crippen LogP) is 3.34. The van der Waals surface area contributed by atoms with Crippen LogP contribution in [-0.4, -0.2) is 17.0 Å². The average molecular weight is 339 g/mol. The second kappa shape index (κ2) is 6.33. The van der Waals surface area contributed by atoms with E-state index in [4.69, 9.17) is 9.47 Å². The van der Waals surface area contributed by atoms with Crippen LogP contribution in [0.1, 0.15) is 5.56 Å². The number of halogens is 1. The van der Waals surface area contributed by atoms with E-state index >= 15 is 0 Å². The first-order valence-electron chi connectivity index (χ1n) is 5.66. The van der Waals surface area contributed by atoms with Crippen LogP contribution in [0.5, 0.6) is 11.5 Å². The van der Waals surface area contributed by atoms with Gasteiger partial charge < -0.3 is 9.47 Å². The Kier molecular flexibility index (Phi) is 4.52. The number of methoxy groups -OCH3 is 1. The van der Waals surface area contributed by atoms with Crippen LogP contribution in [0.25, 0.3) is 0 Å². The summed E-state index contributed by atoms with van der Waals surface area (Å²) in [6.45, 7) is 0.183. The normalized spacial score (nSPS) is 10.1. The molecular weight excluding hydrogens is 328 g/mol. The van der Waals surface area contributed by atoms with Crippen molar-refractivity contribution in [1.82, 2.24) is 4.98 Å². The maximum absolute atomic E-state index is 10.8. The summed E-state index contributed by atoms with van der Waals surface area (Å²) < 4.78 is 11.2. The summed E-state index contributed by atoms with van der Waals surface area (Å²) in [6.07, 6.45) is 1.63. The number of aromatic nitrogens is 1. The van der Waals surface area contributed by atoms with Crippen LogP contribution in [0, 0.1) is 10.1 Å². The molecule has 2 rings (SSSR count). The van der Waals surface area contributed by atoms with Crippen LogP contribution in [0.15, 0.2) is 41.1 Å². The Labute approximate surface area is 123 Å². The average Bonchev–Trinajstić information content (AvgIpc) is 2.46. The zero-order valence-electron chi connectivity index (χ0n) is 10.6. The molecule has 6 nitrogen and oxygen atoms in total. The van der Waals surface area contributed by atoms with Crippen molar-refractivity contribution in [2.45, 2.75) is 6.61 Å². The quantitative estimate of drug-likeness (QED) is 0.474. The third-order valence-electron chi connectivity index (χ3n) is 2.52. The van der Waals surface area contributed by atoms with Gasteiger partial charge in [-0.15, -0.1) is 0 Å². The maximum Gasteiger partial charge on any atom is 0.273 e. The van der Waals surface area contributed by atoms with Crippen molar-refractivity contribution in [2.75, 3.05) is 7.11 Å². The number of pyridine rings is 1. The first-order chi connectivity index (χ1) is 9.60. The lowest BCUT2D eigenvalue weighted by atomic mass is 10.2. The van der Waals surface area contributed by atoms with Crippen molar-refractivity contribution in [3.8, 4) is 11.5 Å². The molecule has 0 aliphatic rings. The van der Waals surface area contributed by atoms with Crippen molar-refractivity contribution >= 4 is 21.6 Å². The Morgan fingerprint density at radius 2 is 2.20 bits per heavy atom. The molecule has 20 heavy (non-hydrogen) atoms. The highest BCUT2D eigenvalue weighted by Crippen LogP contribution is 2.25. The van der Waals surface area contributed by atoms with Crippen molar-refractivity contribution in [2.24, 2.45) is 0 Å². The number of non-ortho nitro benzene ring substituents is 1. The fourth-order valence-electron chi connectivity index (χ4n) is 1.59. The lowest BCUT2D eigenvalue weighted by molar-refractivity contribution is -0.385. The van der Waals surface area contributed by atoms with E-state index in [2.05, 4.69) is 20.9 Å². The van der Waals surface area contributed by atoms with Crippen LogP contribution in [0.3, 0.4) is 0 Å². The summed E-state index contributed by atoms with van der Waals surface area (Å²) in [7, 11) is 1.46. The fourth-order valence-corrected chi connectivity index (χ4v) is 1.95. The van der Waals surface area contributed by atoms with Gasteiger partial charge in [-0.3, -0.25) is 10.1 Å². The number of ether oxygens (including phenoxy) is 2. The molecule has 0 atom stereocenters. The standard InChI is InChI=1S/C13H11BrN2O4/c1-19-11-6-9(5-10(7-11)16(17)18)8-20-12-3-2-4-15-13(12)14/h2-7H,8H2,1H3. The largest absolute Gasteiger partial charge is 0.496 e. The number of hydrogen-bond acceptors (Lipinski definition) is 5. The molecule has 104 valence electrons. The number of nitro benzene ring substituents is 1. The molecule has 0 amide bonds. The van der Waals surface area contributed by atoms with Gasteiger partial charge in [0.2, 0.25) is 0 Å². The highest BCUT2D eigenvalue weighted by atomic mass is 79.9. The maximum atomic E-state index is 10.8.